The smallest absolute Gasteiger partial charge is 0.339 e. The van der Waals surface area contributed by atoms with Crippen molar-refractivity contribution in [2.45, 2.75) is 26.3 Å². The molecule has 0 aliphatic rings. The number of nitrogens with zero attached hydrogens (tertiary/aromatic N) is 2. The maximum atomic E-state index is 11.9. The molecule has 9 heteroatoms. The van der Waals surface area contributed by atoms with Crippen LogP contribution in [0.4, 0.5) is 0 Å². The maximum absolute atomic E-state index is 11.9. The lowest BCUT2D eigenvalue weighted by atomic mass is 10.2. The van der Waals surface area contributed by atoms with Crippen molar-refractivity contribution in [2.24, 2.45) is 0 Å². The lowest BCUT2D eigenvalue weighted by Gasteiger charge is -2.01. The van der Waals surface area contributed by atoms with E-state index < -0.39 is 5.97 Å². The number of carboxylic acid groups (broad SMARTS) is 1. The van der Waals surface area contributed by atoms with Crippen LogP contribution in [0, 0.1) is 6.92 Å². The van der Waals surface area contributed by atoms with Gasteiger partial charge in [-0.15, -0.1) is 10.2 Å². The maximum Gasteiger partial charge on any atom is 0.339 e. The molecule has 8 nitrogen and oxygen atoms in total. The fourth-order valence-electron chi connectivity index (χ4n) is 2.20. The zero-order valence-electron chi connectivity index (χ0n) is 13.3. The minimum absolute atomic E-state index is 0.0936. The highest BCUT2D eigenvalue weighted by Gasteiger charge is 2.15. The van der Waals surface area contributed by atoms with Crippen molar-refractivity contribution in [3.05, 3.63) is 45.9 Å². The molecule has 0 radical (unpaired) electrons. The van der Waals surface area contributed by atoms with Crippen LogP contribution in [0.1, 0.15) is 34.2 Å². The van der Waals surface area contributed by atoms with Crippen molar-refractivity contribution in [3.8, 4) is 11.5 Å². The molecular formula is C16H15N3O5S. The van der Waals surface area contributed by atoms with E-state index in [1.165, 1.54) is 17.4 Å². The van der Waals surface area contributed by atoms with Crippen LogP contribution in [0.2, 0.25) is 0 Å². The van der Waals surface area contributed by atoms with E-state index in [1.807, 2.05) is 16.8 Å². The fraction of sp³-hybridized carbons (Fsp3) is 0.250. The molecule has 1 amide bonds. The van der Waals surface area contributed by atoms with E-state index in [0.29, 0.717) is 29.7 Å². The van der Waals surface area contributed by atoms with Crippen molar-refractivity contribution in [1.82, 2.24) is 15.5 Å². The third kappa shape index (κ3) is 4.13. The Morgan fingerprint density at radius 3 is 2.84 bits per heavy atom. The van der Waals surface area contributed by atoms with Gasteiger partial charge in [0.05, 0.1) is 6.54 Å². The van der Waals surface area contributed by atoms with Gasteiger partial charge in [0.25, 0.3) is 0 Å². The van der Waals surface area contributed by atoms with E-state index in [0.717, 1.165) is 5.56 Å². The zero-order valence-corrected chi connectivity index (χ0v) is 14.1. The highest BCUT2D eigenvalue weighted by Crippen LogP contribution is 2.20. The summed E-state index contributed by atoms with van der Waals surface area (Å²) in [5.41, 5.74) is 0.951. The Morgan fingerprint density at radius 1 is 1.32 bits per heavy atom. The molecule has 0 aliphatic heterocycles. The first kappa shape index (κ1) is 16.9. The molecule has 0 aromatic carbocycles. The minimum Gasteiger partial charge on any atom is -0.478 e. The van der Waals surface area contributed by atoms with Crippen LogP contribution in [-0.2, 0) is 17.8 Å². The molecule has 130 valence electrons. The van der Waals surface area contributed by atoms with E-state index in [9.17, 15) is 9.59 Å². The van der Waals surface area contributed by atoms with Crippen molar-refractivity contribution in [2.75, 3.05) is 0 Å². The molecule has 0 atom stereocenters. The number of hydrogen-bond acceptors (Lipinski definition) is 7. The lowest BCUT2D eigenvalue weighted by Crippen LogP contribution is -2.22. The summed E-state index contributed by atoms with van der Waals surface area (Å²) in [5, 5.41) is 23.3. The molecule has 3 heterocycles. The molecule has 0 spiro atoms. The molecule has 25 heavy (non-hydrogen) atoms. The van der Waals surface area contributed by atoms with Crippen molar-refractivity contribution >= 4 is 23.2 Å². The van der Waals surface area contributed by atoms with E-state index in [-0.39, 0.29) is 24.4 Å². The summed E-state index contributed by atoms with van der Waals surface area (Å²) in [4.78, 5) is 22.8. The number of hydrogen-bond donors (Lipinski definition) is 2. The fourth-order valence-corrected chi connectivity index (χ4v) is 2.82. The Labute approximate surface area is 146 Å². The number of nitrogens with one attached hydrogen (secondary N) is 1. The SMILES string of the molecule is Cc1oc(CNC(=O)CCc2nnc(-c3ccsc3)o2)cc1C(=O)O. The second kappa shape index (κ2) is 7.31. The second-order valence-corrected chi connectivity index (χ2v) is 6.06. The number of furan rings is 1. The van der Waals surface area contributed by atoms with Gasteiger partial charge in [0.1, 0.15) is 17.1 Å². The average molecular weight is 361 g/mol. The van der Waals surface area contributed by atoms with Gasteiger partial charge < -0.3 is 19.3 Å². The van der Waals surface area contributed by atoms with Gasteiger partial charge in [-0.3, -0.25) is 4.79 Å². The molecule has 0 saturated carbocycles. The normalized spacial score (nSPS) is 10.8. The summed E-state index contributed by atoms with van der Waals surface area (Å²) in [7, 11) is 0. The van der Waals surface area contributed by atoms with Crippen LogP contribution in [-0.4, -0.2) is 27.2 Å². The number of amides is 1. The molecule has 2 N–H and O–H groups in total. The summed E-state index contributed by atoms with van der Waals surface area (Å²) in [6.07, 6.45) is 0.497. The Hall–Kier alpha value is -2.94. The summed E-state index contributed by atoms with van der Waals surface area (Å²) in [6.45, 7) is 1.69. The second-order valence-electron chi connectivity index (χ2n) is 5.28. The summed E-state index contributed by atoms with van der Waals surface area (Å²) < 4.78 is 10.8. The molecule has 3 rings (SSSR count). The Bertz CT molecular complexity index is 882. The standard InChI is InChI=1S/C16H15N3O5S/c1-9-12(16(21)22)6-11(23-9)7-17-13(20)2-3-14-18-19-15(24-14)10-4-5-25-8-10/h4-6,8H,2-3,7H2,1H3,(H,17,20)(H,21,22). The third-order valence-corrected chi connectivity index (χ3v) is 4.14. The molecular weight excluding hydrogens is 346 g/mol. The molecule has 0 saturated heterocycles. The van der Waals surface area contributed by atoms with Crippen LogP contribution < -0.4 is 5.32 Å². The number of carbonyl (C=O) groups is 2. The Kier molecular flexibility index (Phi) is 4.94. The monoisotopic (exact) mass is 361 g/mol. The van der Waals surface area contributed by atoms with Crippen LogP contribution in [0.5, 0.6) is 0 Å². The Balaban J connectivity index is 1.48. The van der Waals surface area contributed by atoms with Crippen LogP contribution in [0.15, 0.2) is 31.7 Å². The number of carboxylic acids is 1. The summed E-state index contributed by atoms with van der Waals surface area (Å²) in [5.74, 6) is 0.240. The predicted molar refractivity (Wildman–Crippen MR) is 88.2 cm³/mol. The minimum atomic E-state index is -1.06. The molecule has 0 fully saturated rings. The molecule has 3 aromatic heterocycles. The largest absolute Gasteiger partial charge is 0.478 e. The summed E-state index contributed by atoms with van der Waals surface area (Å²) in [6, 6.07) is 3.29. The van der Waals surface area contributed by atoms with E-state index in [2.05, 4.69) is 15.5 Å². The highest BCUT2D eigenvalue weighted by atomic mass is 32.1. The topological polar surface area (TPSA) is 118 Å². The molecule has 0 bridgehead atoms. The predicted octanol–water partition coefficient (Wildman–Crippen LogP) is 2.65. The van der Waals surface area contributed by atoms with Gasteiger partial charge in [-0.1, -0.05) is 0 Å². The van der Waals surface area contributed by atoms with E-state index >= 15 is 0 Å². The third-order valence-electron chi connectivity index (χ3n) is 3.46. The number of aryl methyl sites for hydroxylation is 2. The van der Waals surface area contributed by atoms with Gasteiger partial charge >= 0.3 is 5.97 Å². The number of aromatic nitrogens is 2. The number of carbonyl (C=O) groups excluding carboxylic acids is 1. The lowest BCUT2D eigenvalue weighted by molar-refractivity contribution is -0.121. The summed E-state index contributed by atoms with van der Waals surface area (Å²) >= 11 is 1.53. The first-order chi connectivity index (χ1) is 12.0. The van der Waals surface area contributed by atoms with Gasteiger partial charge in [0, 0.05) is 23.8 Å². The number of rotatable bonds is 7. The van der Waals surface area contributed by atoms with Crippen molar-refractivity contribution < 1.29 is 23.5 Å². The quantitative estimate of drug-likeness (QED) is 0.664. The number of aromatic carboxylic acids is 1. The van der Waals surface area contributed by atoms with Gasteiger partial charge in [0.15, 0.2) is 0 Å². The Morgan fingerprint density at radius 2 is 2.16 bits per heavy atom. The van der Waals surface area contributed by atoms with Crippen LogP contribution in [0.3, 0.4) is 0 Å². The van der Waals surface area contributed by atoms with Crippen LogP contribution in [0.25, 0.3) is 11.5 Å². The zero-order chi connectivity index (χ0) is 17.8. The number of thiophene rings is 1. The molecule has 0 unspecified atom stereocenters. The molecule has 3 aromatic rings. The first-order valence-electron chi connectivity index (χ1n) is 7.47. The molecule has 0 aliphatic carbocycles. The van der Waals surface area contributed by atoms with Gasteiger partial charge in [0.2, 0.25) is 17.7 Å². The van der Waals surface area contributed by atoms with E-state index in [1.54, 1.807) is 6.92 Å². The first-order valence-corrected chi connectivity index (χ1v) is 8.41. The van der Waals surface area contributed by atoms with Crippen LogP contribution >= 0.6 is 11.3 Å². The van der Waals surface area contributed by atoms with E-state index in [4.69, 9.17) is 13.9 Å². The van der Waals surface area contributed by atoms with Crippen molar-refractivity contribution in [3.63, 3.8) is 0 Å². The van der Waals surface area contributed by atoms with Gasteiger partial charge in [-0.2, -0.15) is 11.3 Å². The van der Waals surface area contributed by atoms with Gasteiger partial charge in [-0.25, -0.2) is 4.79 Å². The highest BCUT2D eigenvalue weighted by molar-refractivity contribution is 7.08. The average Bonchev–Trinajstić information content (AvgIpc) is 3.30. The van der Waals surface area contributed by atoms with Gasteiger partial charge in [-0.05, 0) is 24.4 Å². The van der Waals surface area contributed by atoms with Crippen molar-refractivity contribution in [1.29, 1.82) is 0 Å².